The van der Waals surface area contributed by atoms with Crippen LogP contribution in [0.1, 0.15) is 10.6 Å². The summed E-state index contributed by atoms with van der Waals surface area (Å²) in [7, 11) is 3.04. The minimum absolute atomic E-state index is 0.224. The summed E-state index contributed by atoms with van der Waals surface area (Å²) in [6.45, 7) is 0. The van der Waals surface area contributed by atoms with Crippen molar-refractivity contribution < 1.29 is 9.53 Å². The van der Waals surface area contributed by atoms with E-state index in [0.717, 1.165) is 0 Å². The topological polar surface area (TPSA) is 57.0 Å². The highest BCUT2D eigenvalue weighted by molar-refractivity contribution is 7.98. The van der Waals surface area contributed by atoms with Crippen LogP contribution in [0.4, 0.5) is 0 Å². The Morgan fingerprint density at radius 3 is 2.67 bits per heavy atom. The van der Waals surface area contributed by atoms with Crippen molar-refractivity contribution in [1.29, 1.82) is 0 Å². The van der Waals surface area contributed by atoms with Gasteiger partial charge in [0.2, 0.25) is 5.82 Å². The van der Waals surface area contributed by atoms with Crippen molar-refractivity contribution in [3.63, 3.8) is 0 Å². The Labute approximate surface area is 74.1 Å². The average Bonchev–Trinajstić information content (AvgIpc) is 2.45. The third-order valence-electron chi connectivity index (χ3n) is 1.39. The number of esters is 1. The van der Waals surface area contributed by atoms with Gasteiger partial charge in [0.25, 0.3) is 0 Å². The zero-order chi connectivity index (χ0) is 9.14. The molecule has 0 radical (unpaired) electrons. The van der Waals surface area contributed by atoms with E-state index in [0.29, 0.717) is 5.16 Å². The molecule has 12 heavy (non-hydrogen) atoms. The highest BCUT2D eigenvalue weighted by atomic mass is 32.2. The zero-order valence-corrected chi connectivity index (χ0v) is 7.88. The molecule has 0 saturated carbocycles. The number of carbonyl (C=O) groups excluding carboxylic acids is 1. The monoisotopic (exact) mass is 187 g/mol. The van der Waals surface area contributed by atoms with Gasteiger partial charge in [0.15, 0.2) is 5.16 Å². The SMILES string of the molecule is COC(=O)c1nnc(SC)n1C. The third kappa shape index (κ3) is 1.42. The minimum atomic E-state index is -0.467. The number of hydrogen-bond donors (Lipinski definition) is 0. The smallest absolute Gasteiger partial charge is 0.376 e. The van der Waals surface area contributed by atoms with Crippen molar-refractivity contribution in [2.24, 2.45) is 7.05 Å². The molecule has 0 bridgehead atoms. The number of nitrogens with zero attached hydrogens (tertiary/aromatic N) is 3. The zero-order valence-electron chi connectivity index (χ0n) is 7.07. The molecule has 5 nitrogen and oxygen atoms in total. The van der Waals surface area contributed by atoms with Gasteiger partial charge in [-0.15, -0.1) is 10.2 Å². The third-order valence-corrected chi connectivity index (χ3v) is 2.11. The van der Waals surface area contributed by atoms with Crippen LogP contribution in [0.2, 0.25) is 0 Å². The Balaban J connectivity index is 3.02. The van der Waals surface area contributed by atoms with Gasteiger partial charge in [0, 0.05) is 7.05 Å². The summed E-state index contributed by atoms with van der Waals surface area (Å²) in [6, 6.07) is 0. The summed E-state index contributed by atoms with van der Waals surface area (Å²) >= 11 is 1.43. The van der Waals surface area contributed by atoms with Gasteiger partial charge in [-0.1, -0.05) is 11.8 Å². The van der Waals surface area contributed by atoms with E-state index in [1.54, 1.807) is 11.6 Å². The van der Waals surface area contributed by atoms with Crippen LogP contribution in [0.15, 0.2) is 5.16 Å². The fraction of sp³-hybridized carbons (Fsp3) is 0.500. The summed E-state index contributed by atoms with van der Waals surface area (Å²) in [5.74, 6) is -0.243. The van der Waals surface area contributed by atoms with E-state index in [1.165, 1.54) is 18.9 Å². The van der Waals surface area contributed by atoms with E-state index in [1.807, 2.05) is 6.26 Å². The van der Waals surface area contributed by atoms with E-state index in [2.05, 4.69) is 14.9 Å². The fourth-order valence-corrected chi connectivity index (χ4v) is 1.24. The summed E-state index contributed by atoms with van der Waals surface area (Å²) in [5.41, 5.74) is 0. The molecule has 0 unspecified atom stereocenters. The molecule has 0 aliphatic carbocycles. The molecule has 0 aromatic carbocycles. The highest BCUT2D eigenvalue weighted by Gasteiger charge is 2.15. The Morgan fingerprint density at radius 2 is 2.25 bits per heavy atom. The van der Waals surface area contributed by atoms with Gasteiger partial charge in [0.05, 0.1) is 7.11 Å². The summed E-state index contributed by atoms with van der Waals surface area (Å²) in [6.07, 6.45) is 1.87. The highest BCUT2D eigenvalue weighted by Crippen LogP contribution is 2.11. The Bertz CT molecular complexity index is 297. The Hall–Kier alpha value is -1.04. The van der Waals surface area contributed by atoms with E-state index in [9.17, 15) is 4.79 Å². The quantitative estimate of drug-likeness (QED) is 0.493. The molecule has 1 heterocycles. The number of methoxy groups -OCH3 is 1. The van der Waals surface area contributed by atoms with Crippen LogP contribution < -0.4 is 0 Å². The first kappa shape index (κ1) is 9.05. The molecule has 1 aromatic heterocycles. The van der Waals surface area contributed by atoms with E-state index < -0.39 is 5.97 Å². The largest absolute Gasteiger partial charge is 0.463 e. The van der Waals surface area contributed by atoms with Gasteiger partial charge in [0.1, 0.15) is 0 Å². The molecule has 0 aliphatic rings. The number of thioether (sulfide) groups is 1. The number of carbonyl (C=O) groups is 1. The summed E-state index contributed by atoms with van der Waals surface area (Å²) in [5, 5.41) is 8.14. The van der Waals surface area contributed by atoms with Crippen molar-refractivity contribution in [1.82, 2.24) is 14.8 Å². The first-order chi connectivity index (χ1) is 5.70. The van der Waals surface area contributed by atoms with Gasteiger partial charge in [-0.25, -0.2) is 4.79 Å². The second kappa shape index (κ2) is 3.57. The van der Waals surface area contributed by atoms with Gasteiger partial charge >= 0.3 is 5.97 Å². The van der Waals surface area contributed by atoms with E-state index >= 15 is 0 Å². The Morgan fingerprint density at radius 1 is 1.58 bits per heavy atom. The van der Waals surface area contributed by atoms with Crippen molar-refractivity contribution in [3.8, 4) is 0 Å². The molecule has 0 spiro atoms. The number of aromatic nitrogens is 3. The number of ether oxygens (including phenoxy) is 1. The van der Waals surface area contributed by atoms with Crippen LogP contribution in [-0.2, 0) is 11.8 Å². The van der Waals surface area contributed by atoms with Crippen LogP contribution in [-0.4, -0.2) is 34.1 Å². The first-order valence-electron chi connectivity index (χ1n) is 3.22. The predicted molar refractivity (Wildman–Crippen MR) is 44.1 cm³/mol. The first-order valence-corrected chi connectivity index (χ1v) is 4.45. The molecule has 0 saturated heterocycles. The molecular weight excluding hydrogens is 178 g/mol. The molecular formula is C6H9N3O2S. The van der Waals surface area contributed by atoms with E-state index in [4.69, 9.17) is 0 Å². The molecule has 0 aliphatic heterocycles. The molecule has 1 aromatic rings. The second-order valence-electron chi connectivity index (χ2n) is 2.06. The lowest BCUT2D eigenvalue weighted by atomic mass is 10.6. The lowest BCUT2D eigenvalue weighted by molar-refractivity contribution is 0.0581. The van der Waals surface area contributed by atoms with Crippen molar-refractivity contribution in [2.45, 2.75) is 5.16 Å². The average molecular weight is 187 g/mol. The fourth-order valence-electron chi connectivity index (χ4n) is 0.762. The van der Waals surface area contributed by atoms with Crippen molar-refractivity contribution >= 4 is 17.7 Å². The van der Waals surface area contributed by atoms with Crippen LogP contribution in [0, 0.1) is 0 Å². The number of rotatable bonds is 2. The van der Waals surface area contributed by atoms with Crippen molar-refractivity contribution in [3.05, 3.63) is 5.82 Å². The molecule has 0 N–H and O–H groups in total. The normalized spacial score (nSPS) is 9.92. The van der Waals surface area contributed by atoms with Gasteiger partial charge in [-0.05, 0) is 6.26 Å². The van der Waals surface area contributed by atoms with Crippen LogP contribution in [0.25, 0.3) is 0 Å². The standard InChI is InChI=1S/C6H9N3O2S/c1-9-4(5(10)11-2)7-8-6(9)12-3/h1-3H3. The lowest BCUT2D eigenvalue weighted by Crippen LogP contribution is -2.09. The van der Waals surface area contributed by atoms with Gasteiger partial charge in [-0.2, -0.15) is 0 Å². The van der Waals surface area contributed by atoms with Crippen LogP contribution >= 0.6 is 11.8 Å². The van der Waals surface area contributed by atoms with E-state index in [-0.39, 0.29) is 5.82 Å². The molecule has 0 atom stereocenters. The van der Waals surface area contributed by atoms with Crippen LogP contribution in [0.3, 0.4) is 0 Å². The number of hydrogen-bond acceptors (Lipinski definition) is 5. The maximum Gasteiger partial charge on any atom is 0.376 e. The molecule has 0 fully saturated rings. The minimum Gasteiger partial charge on any atom is -0.463 e. The van der Waals surface area contributed by atoms with Gasteiger partial charge < -0.3 is 4.74 Å². The maximum absolute atomic E-state index is 11.0. The maximum atomic E-state index is 11.0. The van der Waals surface area contributed by atoms with Gasteiger partial charge in [-0.3, -0.25) is 4.57 Å². The molecule has 66 valence electrons. The molecule has 0 amide bonds. The predicted octanol–water partition coefficient (Wildman–Crippen LogP) is 0.324. The Kier molecular flexibility index (Phi) is 2.69. The second-order valence-corrected chi connectivity index (χ2v) is 2.83. The molecule has 1 rings (SSSR count). The lowest BCUT2D eigenvalue weighted by Gasteiger charge is -1.98. The summed E-state index contributed by atoms with van der Waals surface area (Å²) in [4.78, 5) is 11.0. The van der Waals surface area contributed by atoms with Crippen LogP contribution in [0.5, 0.6) is 0 Å². The van der Waals surface area contributed by atoms with Crippen molar-refractivity contribution in [2.75, 3.05) is 13.4 Å². The summed E-state index contributed by atoms with van der Waals surface area (Å²) < 4.78 is 6.10. The molecule has 6 heteroatoms.